The van der Waals surface area contributed by atoms with Crippen molar-refractivity contribution >= 4 is 35.1 Å². The number of amides is 1. The first-order valence-electron chi connectivity index (χ1n) is 33.7. The predicted octanol–water partition coefficient (Wildman–Crippen LogP) is 7.55. The van der Waals surface area contributed by atoms with Gasteiger partial charge in [0.05, 0.1) is 53.7 Å². The molecule has 15 nitrogen and oxygen atoms in total. The number of esters is 1. The van der Waals surface area contributed by atoms with Crippen LogP contribution < -0.4 is 28.3 Å². The van der Waals surface area contributed by atoms with Crippen LogP contribution in [0.1, 0.15) is 193 Å². The number of methoxy groups -OCH3 is 1. The van der Waals surface area contributed by atoms with Gasteiger partial charge in [0.15, 0.2) is 12.6 Å². The van der Waals surface area contributed by atoms with Crippen molar-refractivity contribution in [2.75, 3.05) is 33.9 Å². The van der Waals surface area contributed by atoms with Gasteiger partial charge in [0.2, 0.25) is 5.91 Å². The van der Waals surface area contributed by atoms with Gasteiger partial charge in [-0.1, -0.05) is 77.5 Å². The van der Waals surface area contributed by atoms with Gasteiger partial charge in [0, 0.05) is 38.5 Å². The Morgan fingerprint density at radius 3 is 1.63 bits per heavy atom. The van der Waals surface area contributed by atoms with Gasteiger partial charge in [-0.05, 0) is 218 Å². The van der Waals surface area contributed by atoms with Gasteiger partial charge >= 0.3 is 5.97 Å². The minimum absolute atomic E-state index is 0. The summed E-state index contributed by atoms with van der Waals surface area (Å²) in [5.74, 6) is -3.27. The van der Waals surface area contributed by atoms with Crippen molar-refractivity contribution < 1.29 is 75.9 Å². The van der Waals surface area contributed by atoms with Gasteiger partial charge in [0.25, 0.3) is 0 Å². The summed E-state index contributed by atoms with van der Waals surface area (Å²) in [6, 6.07) is 20.3. The number of carbonyl (C=O) groups excluding carboxylic acids is 2. The Kier molecular flexibility index (Phi) is 28.9. The molecule has 5 N–H and O–H groups in total. The number of rotatable bonds is 22. The molecule has 3 aromatic carbocycles. The fraction of sp³-hybridized carbons (Fsp3) is 0.726. The van der Waals surface area contributed by atoms with Gasteiger partial charge in [0.1, 0.15) is 53.2 Å². The third-order valence-corrected chi connectivity index (χ3v) is 24.5. The summed E-state index contributed by atoms with van der Waals surface area (Å²) in [5.41, 5.74) is 3.02. The molecule has 0 bridgehead atoms. The Morgan fingerprint density at radius 1 is 0.689 bits per heavy atom. The number of unbranched alkanes of at least 4 members (excludes halogenated alkanes) is 8. The molecule has 3 saturated heterocycles. The minimum Gasteiger partial charge on any atom is -1.00 e. The second-order valence-electron chi connectivity index (χ2n) is 28.8. The van der Waals surface area contributed by atoms with Crippen LogP contribution in [0.2, 0.25) is 0 Å². The van der Waals surface area contributed by atoms with Crippen molar-refractivity contribution in [3.8, 4) is 0 Å². The number of aliphatic hydroxyl groups excluding tert-OH is 3. The van der Waals surface area contributed by atoms with Gasteiger partial charge in [-0.2, -0.15) is 0 Å². The Morgan fingerprint density at radius 2 is 1.17 bits per heavy atom. The lowest BCUT2D eigenvalue weighted by molar-refractivity contribution is -0.318. The maximum atomic E-state index is 14.7. The number of hydrogen-bond acceptors (Lipinski definition) is 14. The normalized spacial score (nSPS) is 33.5. The van der Waals surface area contributed by atoms with Crippen molar-refractivity contribution in [1.82, 2.24) is 9.80 Å². The van der Waals surface area contributed by atoms with Crippen LogP contribution in [0.4, 0.5) is 0 Å². The van der Waals surface area contributed by atoms with E-state index in [1.807, 2.05) is 39.8 Å². The van der Waals surface area contributed by atoms with E-state index in [2.05, 4.69) is 96.1 Å². The van der Waals surface area contributed by atoms with E-state index >= 15 is 0 Å². The zero-order chi connectivity index (χ0) is 66.1. The highest BCUT2D eigenvalue weighted by Gasteiger charge is 2.54. The summed E-state index contributed by atoms with van der Waals surface area (Å²) in [6.07, 6.45) is 1.10. The lowest BCUT2D eigenvalue weighted by Gasteiger charge is -2.48. The Hall–Kier alpha value is -3.12. The van der Waals surface area contributed by atoms with Crippen LogP contribution in [0, 0.1) is 59.3 Å². The van der Waals surface area contributed by atoms with Crippen molar-refractivity contribution in [3.05, 3.63) is 88.0 Å². The molecule has 17 heteroatoms. The van der Waals surface area contributed by atoms with E-state index in [1.54, 1.807) is 46.4 Å². The number of nitrogens with zero attached hydrogens (tertiary/aromatic N) is 2. The largest absolute Gasteiger partial charge is 1.00 e. The SMILES string of the molecule is CC[C@H]1OC(=O)[C@H](C)[C@@H](O[C@H]2C[C@@](C)(OC)[C@@H](O)[C@H](C)O2)[C@H](C)[C@@H](O[C@@H]2O[C@H](C)C[C@H](N(C)C)[C@H]2O)[C@](C)(O)C[C@@H](C)CN(C(=O)CCCCCCCCCCC[P+](c2cc(C)cc(C)c2)(c2cc(C)cc(C)c2)c2cc(C)cc(C)c2)[C@H](C)[C@@H](O)[C@]1(C)O.[Cl-]. The number of aryl methyl sites for hydroxylation is 6. The molecule has 0 saturated carbocycles. The molecule has 0 unspecified atom stereocenters. The molecule has 0 aromatic heterocycles. The second kappa shape index (κ2) is 33.5. The molecule has 3 fully saturated rings. The van der Waals surface area contributed by atoms with Gasteiger partial charge in [-0.25, -0.2) is 0 Å². The Balaban J connectivity index is 0.0000147. The summed E-state index contributed by atoms with van der Waals surface area (Å²) in [5, 5.41) is 65.2. The average Bonchev–Trinajstić information content (AvgIpc) is 0.835. The maximum Gasteiger partial charge on any atom is 0.311 e. The minimum atomic E-state index is -2.01. The van der Waals surface area contributed by atoms with Crippen LogP contribution in [-0.4, -0.2) is 171 Å². The molecule has 3 aromatic rings. The van der Waals surface area contributed by atoms with E-state index in [0.29, 0.717) is 12.8 Å². The number of carbonyl (C=O) groups is 2. The van der Waals surface area contributed by atoms with E-state index in [9.17, 15) is 35.1 Å². The Bertz CT molecular complexity index is 2580. The quantitative estimate of drug-likeness (QED) is 0.0376. The third-order valence-electron chi connectivity index (χ3n) is 20.1. The molecule has 510 valence electrons. The molecule has 0 radical (unpaired) electrons. The predicted molar refractivity (Wildman–Crippen MR) is 358 cm³/mol. The number of likely N-dealkylation sites (N-methyl/N-ethyl adjacent to an activating group) is 1. The highest BCUT2D eigenvalue weighted by molar-refractivity contribution is 7.95. The molecule has 0 aliphatic carbocycles. The van der Waals surface area contributed by atoms with Crippen LogP contribution in [0.5, 0.6) is 0 Å². The van der Waals surface area contributed by atoms with Gasteiger partial charge in [-0.15, -0.1) is 0 Å². The van der Waals surface area contributed by atoms with E-state index in [4.69, 9.17) is 28.4 Å². The summed E-state index contributed by atoms with van der Waals surface area (Å²) in [4.78, 5) is 33.0. The Labute approximate surface area is 548 Å². The fourth-order valence-electron chi connectivity index (χ4n) is 15.2. The molecule has 3 aliphatic rings. The summed E-state index contributed by atoms with van der Waals surface area (Å²) < 4.78 is 38.4. The first-order chi connectivity index (χ1) is 41.7. The van der Waals surface area contributed by atoms with Crippen LogP contribution in [0.3, 0.4) is 0 Å². The van der Waals surface area contributed by atoms with E-state index in [-0.39, 0.29) is 62.7 Å². The smallest absolute Gasteiger partial charge is 0.311 e. The summed E-state index contributed by atoms with van der Waals surface area (Å²) in [6.45, 7) is 30.9. The third kappa shape index (κ3) is 19.1. The second-order valence-corrected chi connectivity index (χ2v) is 32.4. The zero-order valence-corrected chi connectivity index (χ0v) is 60.0. The van der Waals surface area contributed by atoms with E-state index in [0.717, 1.165) is 57.5 Å². The number of benzene rings is 3. The maximum absolute atomic E-state index is 14.7. The molecule has 3 aliphatic heterocycles. The van der Waals surface area contributed by atoms with Crippen molar-refractivity contribution in [2.45, 2.75) is 291 Å². The van der Waals surface area contributed by atoms with Crippen LogP contribution in [0.15, 0.2) is 54.6 Å². The molecule has 6 rings (SSSR count). The number of hydrogen-bond donors (Lipinski definition) is 5. The standard InChI is InChI=1S/C73H118N2O13P.ClH/c1-20-61-73(16,82)66(78)55(12)75(62(76)30-28-26-24-22-21-23-25-27-29-31-89(57-35-45(2)32-46(3)36-57,58-37-47(4)33-48(5)38-58)59-39-49(6)34-50(7)40-59)44-51(8)42-71(14,81)68(88-70-64(77)60(74(17)18)41-52(9)84-70)53(10)65(54(11)69(80)86-61)87-63-43-72(15,83-19)67(79)56(13)85-63;/h32-40,51-56,60-61,63-68,70,77-79,81-82H,20-31,41-44H2,1-19H3;1H/q+1;/p-1/t51-,52-,53+,54-,55-,56+,60+,61-,63+,64-,65+,66-,67+,68-,70+,71-,72-,73-;/m1./s1. The first-order valence-corrected chi connectivity index (χ1v) is 35.6. The monoisotopic (exact) mass is 1300 g/mol. The number of halogens is 1. The first kappa shape index (κ1) is 77.6. The van der Waals surface area contributed by atoms with Gasteiger partial charge < -0.3 is 76.2 Å². The summed E-state index contributed by atoms with van der Waals surface area (Å²) in [7, 11) is 3.27. The molecule has 90 heavy (non-hydrogen) atoms. The highest BCUT2D eigenvalue weighted by Crippen LogP contribution is 2.57. The van der Waals surface area contributed by atoms with Crippen molar-refractivity contribution in [2.24, 2.45) is 17.8 Å². The topological polar surface area (TPSA) is 197 Å². The highest BCUT2D eigenvalue weighted by atomic mass is 35.5. The molecular formula is C73H118ClN2O13P. The number of ether oxygens (including phenoxy) is 6. The molecular weight excluding hydrogens is 1180 g/mol. The van der Waals surface area contributed by atoms with E-state index in [1.165, 1.54) is 63.3 Å². The zero-order valence-electron chi connectivity index (χ0n) is 58.4. The number of aliphatic hydroxyl groups is 5. The van der Waals surface area contributed by atoms with Crippen molar-refractivity contribution in [1.29, 1.82) is 0 Å². The fourth-order valence-corrected chi connectivity index (χ4v) is 20.1. The molecule has 1 amide bonds. The van der Waals surface area contributed by atoms with Crippen LogP contribution in [0.25, 0.3) is 0 Å². The molecule has 18 atom stereocenters. The average molecular weight is 1300 g/mol. The van der Waals surface area contributed by atoms with Crippen LogP contribution >= 0.6 is 7.26 Å². The molecule has 3 heterocycles. The van der Waals surface area contributed by atoms with Crippen molar-refractivity contribution in [3.63, 3.8) is 0 Å². The van der Waals surface area contributed by atoms with Crippen LogP contribution in [-0.2, 0) is 38.0 Å². The number of cyclic esters (lactones) is 1. The van der Waals surface area contributed by atoms with E-state index < -0.39 is 109 Å². The lowest BCUT2D eigenvalue weighted by Crippen LogP contribution is -3.00. The van der Waals surface area contributed by atoms with Gasteiger partial charge in [-0.3, -0.25) is 9.59 Å². The summed E-state index contributed by atoms with van der Waals surface area (Å²) >= 11 is 0. The lowest BCUT2D eigenvalue weighted by atomic mass is 9.77. The molecule has 0 spiro atoms.